The third-order valence-electron chi connectivity index (χ3n) is 2.39. The molecule has 1 N–H and O–H groups in total. The lowest BCUT2D eigenvalue weighted by Crippen LogP contribution is -2.11. The van der Waals surface area contributed by atoms with Crippen LogP contribution in [0.4, 0.5) is 5.69 Å². The Morgan fingerprint density at radius 1 is 1.50 bits per heavy atom. The number of benzene rings is 1. The van der Waals surface area contributed by atoms with E-state index in [1.54, 1.807) is 17.6 Å². The minimum absolute atomic E-state index is 0.211. The van der Waals surface area contributed by atoms with Gasteiger partial charge in [-0.05, 0) is 18.6 Å². The average Bonchev–Trinajstić information content (AvgIpc) is 2.87. The maximum Gasteiger partial charge on any atom is 0.267 e. The van der Waals surface area contributed by atoms with Gasteiger partial charge >= 0.3 is 0 Å². The fourth-order valence-electron chi connectivity index (χ4n) is 1.44. The van der Waals surface area contributed by atoms with Crippen molar-refractivity contribution in [1.29, 1.82) is 0 Å². The van der Waals surface area contributed by atoms with Crippen molar-refractivity contribution in [2.75, 3.05) is 12.4 Å². The Hall–Kier alpha value is -1.59. The van der Waals surface area contributed by atoms with Crippen molar-refractivity contribution in [3.8, 4) is 5.75 Å². The van der Waals surface area contributed by atoms with Gasteiger partial charge in [0.05, 0.1) is 24.5 Å². The molecule has 4 nitrogen and oxygen atoms in total. The Morgan fingerprint density at radius 2 is 2.28 bits per heavy atom. The zero-order valence-corrected chi connectivity index (χ0v) is 11.4. The van der Waals surface area contributed by atoms with E-state index < -0.39 is 0 Å². The lowest BCUT2D eigenvalue weighted by molar-refractivity contribution is 0.103. The van der Waals surface area contributed by atoms with Gasteiger partial charge in [0.1, 0.15) is 10.6 Å². The molecule has 0 saturated heterocycles. The van der Waals surface area contributed by atoms with E-state index in [4.69, 9.17) is 16.3 Å². The summed E-state index contributed by atoms with van der Waals surface area (Å²) in [5.74, 6) is 0.320. The minimum atomic E-state index is -0.211. The number of carbonyl (C=O) groups is 1. The molecule has 1 aromatic heterocycles. The van der Waals surface area contributed by atoms with Gasteiger partial charge in [-0.15, -0.1) is 11.3 Å². The molecular weight excluding hydrogens is 272 g/mol. The number of thiazole rings is 1. The summed E-state index contributed by atoms with van der Waals surface area (Å²) in [6.07, 6.45) is 1.52. The summed E-state index contributed by atoms with van der Waals surface area (Å²) in [6, 6.07) is 3.46. The molecule has 0 radical (unpaired) electrons. The number of methoxy groups -OCH3 is 1. The minimum Gasteiger partial charge on any atom is -0.495 e. The smallest absolute Gasteiger partial charge is 0.267 e. The summed E-state index contributed by atoms with van der Waals surface area (Å²) in [6.45, 7) is 1.87. The highest BCUT2D eigenvalue weighted by Crippen LogP contribution is 2.31. The van der Waals surface area contributed by atoms with Gasteiger partial charge in [-0.1, -0.05) is 11.6 Å². The number of hydrogen-bond donors (Lipinski definition) is 1. The largest absolute Gasteiger partial charge is 0.495 e. The number of nitrogens with one attached hydrogen (secondary N) is 1. The van der Waals surface area contributed by atoms with Crippen molar-refractivity contribution >= 4 is 34.5 Å². The van der Waals surface area contributed by atoms with Crippen LogP contribution in [0.1, 0.15) is 15.2 Å². The number of rotatable bonds is 3. The number of ether oxygens (including phenoxy) is 1. The van der Waals surface area contributed by atoms with Gasteiger partial charge in [0.25, 0.3) is 5.91 Å². The predicted molar refractivity (Wildman–Crippen MR) is 72.8 cm³/mol. The number of hydrogen-bond acceptors (Lipinski definition) is 4. The molecule has 0 atom stereocenters. The number of amides is 1. The number of carbonyl (C=O) groups excluding carboxylic acids is 1. The average molecular weight is 283 g/mol. The first-order chi connectivity index (χ1) is 8.61. The van der Waals surface area contributed by atoms with Gasteiger partial charge in [0, 0.05) is 11.1 Å². The molecule has 6 heteroatoms. The monoisotopic (exact) mass is 282 g/mol. The fraction of sp³-hybridized carbons (Fsp3) is 0.167. The van der Waals surface area contributed by atoms with Crippen LogP contribution in [-0.4, -0.2) is 18.0 Å². The van der Waals surface area contributed by atoms with Crippen molar-refractivity contribution in [2.24, 2.45) is 0 Å². The number of aromatic nitrogens is 1. The van der Waals surface area contributed by atoms with E-state index in [1.807, 2.05) is 6.92 Å². The first kappa shape index (κ1) is 12.9. The summed E-state index contributed by atoms with van der Waals surface area (Å²) >= 11 is 7.28. The Balaban J connectivity index is 2.28. The van der Waals surface area contributed by atoms with E-state index in [1.165, 1.54) is 24.6 Å². The van der Waals surface area contributed by atoms with Gasteiger partial charge in [0.2, 0.25) is 0 Å². The van der Waals surface area contributed by atoms with Crippen LogP contribution in [0.2, 0.25) is 5.02 Å². The van der Waals surface area contributed by atoms with Crippen LogP contribution in [0.5, 0.6) is 5.75 Å². The quantitative estimate of drug-likeness (QED) is 0.939. The number of halogens is 1. The van der Waals surface area contributed by atoms with Crippen molar-refractivity contribution < 1.29 is 9.53 Å². The molecular formula is C12H11ClN2O2S. The van der Waals surface area contributed by atoms with Crippen LogP contribution in [0, 0.1) is 6.92 Å². The van der Waals surface area contributed by atoms with Gasteiger partial charge in [0.15, 0.2) is 0 Å². The molecule has 2 rings (SSSR count). The summed E-state index contributed by atoms with van der Waals surface area (Å²) in [5.41, 5.74) is 3.08. The summed E-state index contributed by atoms with van der Waals surface area (Å²) in [7, 11) is 1.53. The predicted octanol–water partition coefficient (Wildman–Crippen LogP) is 3.37. The third-order valence-corrected chi connectivity index (χ3v) is 3.56. The second-order valence-electron chi connectivity index (χ2n) is 3.62. The second kappa shape index (κ2) is 5.37. The van der Waals surface area contributed by atoms with E-state index in [9.17, 15) is 4.79 Å². The number of anilines is 1. The molecule has 0 aliphatic heterocycles. The normalized spacial score (nSPS) is 10.2. The standard InChI is InChI=1S/C12H11ClN2O2S/c1-7-3-9(10(17-2)4-8(7)13)15-12(16)11-5-14-6-18-11/h3-6H,1-2H3,(H,15,16). The van der Waals surface area contributed by atoms with Crippen LogP contribution in [-0.2, 0) is 0 Å². The van der Waals surface area contributed by atoms with Crippen LogP contribution < -0.4 is 10.1 Å². The van der Waals surface area contributed by atoms with Crippen molar-refractivity contribution in [1.82, 2.24) is 4.98 Å². The molecule has 0 saturated carbocycles. The van der Waals surface area contributed by atoms with Crippen LogP contribution >= 0.6 is 22.9 Å². The summed E-state index contributed by atoms with van der Waals surface area (Å²) in [4.78, 5) is 16.3. The molecule has 0 aliphatic rings. The van der Waals surface area contributed by atoms with E-state index in [-0.39, 0.29) is 5.91 Å². The topological polar surface area (TPSA) is 51.2 Å². The molecule has 0 aliphatic carbocycles. The zero-order valence-electron chi connectivity index (χ0n) is 9.86. The lowest BCUT2D eigenvalue weighted by Gasteiger charge is -2.11. The van der Waals surface area contributed by atoms with Crippen LogP contribution in [0.15, 0.2) is 23.8 Å². The van der Waals surface area contributed by atoms with E-state index >= 15 is 0 Å². The van der Waals surface area contributed by atoms with Crippen molar-refractivity contribution in [3.63, 3.8) is 0 Å². The van der Waals surface area contributed by atoms with E-state index in [0.29, 0.717) is 21.3 Å². The molecule has 0 unspecified atom stereocenters. The van der Waals surface area contributed by atoms with Gasteiger partial charge < -0.3 is 10.1 Å². The lowest BCUT2D eigenvalue weighted by atomic mass is 10.2. The molecule has 1 amide bonds. The first-order valence-corrected chi connectivity index (χ1v) is 6.41. The van der Waals surface area contributed by atoms with Crippen molar-refractivity contribution in [3.05, 3.63) is 39.3 Å². The Bertz CT molecular complexity index is 570. The Labute approximate surface area is 114 Å². The highest BCUT2D eigenvalue weighted by atomic mass is 35.5. The molecule has 0 fully saturated rings. The van der Waals surface area contributed by atoms with Crippen LogP contribution in [0.3, 0.4) is 0 Å². The Morgan fingerprint density at radius 3 is 2.89 bits per heavy atom. The SMILES string of the molecule is COc1cc(Cl)c(C)cc1NC(=O)c1cncs1. The highest BCUT2D eigenvalue weighted by Gasteiger charge is 2.12. The molecule has 1 aromatic carbocycles. The zero-order chi connectivity index (χ0) is 13.1. The second-order valence-corrected chi connectivity index (χ2v) is 4.92. The first-order valence-electron chi connectivity index (χ1n) is 5.16. The maximum atomic E-state index is 11.9. The van der Waals surface area contributed by atoms with Crippen LogP contribution in [0.25, 0.3) is 0 Å². The van der Waals surface area contributed by atoms with E-state index in [0.717, 1.165) is 5.56 Å². The van der Waals surface area contributed by atoms with Gasteiger partial charge in [-0.25, -0.2) is 0 Å². The molecule has 1 heterocycles. The summed E-state index contributed by atoms with van der Waals surface area (Å²) < 4.78 is 5.19. The van der Waals surface area contributed by atoms with Gasteiger partial charge in [-0.3, -0.25) is 9.78 Å². The molecule has 94 valence electrons. The molecule has 2 aromatic rings. The van der Waals surface area contributed by atoms with Gasteiger partial charge in [-0.2, -0.15) is 0 Å². The molecule has 0 spiro atoms. The summed E-state index contributed by atoms with van der Waals surface area (Å²) in [5, 5.41) is 3.38. The molecule has 18 heavy (non-hydrogen) atoms. The van der Waals surface area contributed by atoms with Crippen molar-refractivity contribution in [2.45, 2.75) is 6.92 Å². The maximum absolute atomic E-state index is 11.9. The Kier molecular flexibility index (Phi) is 3.84. The molecule has 0 bridgehead atoms. The number of aryl methyl sites for hydroxylation is 1. The highest BCUT2D eigenvalue weighted by molar-refractivity contribution is 7.11. The van der Waals surface area contributed by atoms with E-state index in [2.05, 4.69) is 10.3 Å². The third kappa shape index (κ3) is 2.63. The number of nitrogens with zero attached hydrogens (tertiary/aromatic N) is 1. The fourth-order valence-corrected chi connectivity index (χ4v) is 2.11.